The van der Waals surface area contributed by atoms with Crippen molar-refractivity contribution in [3.05, 3.63) is 375 Å². The van der Waals surface area contributed by atoms with Crippen molar-refractivity contribution in [2.75, 3.05) is 11.3 Å². The quantitative estimate of drug-likeness (QED) is 0.0513. The predicted octanol–water partition coefficient (Wildman–Crippen LogP) is 24.1. The number of para-hydroxylation sites is 2. The zero-order chi connectivity index (χ0) is 76.1. The van der Waals surface area contributed by atoms with Gasteiger partial charge in [0.25, 0.3) is 0 Å². The summed E-state index contributed by atoms with van der Waals surface area (Å²) in [7, 11) is 4.65. The van der Waals surface area contributed by atoms with Gasteiger partial charge in [-0.05, 0) is 197 Å². The van der Waals surface area contributed by atoms with Gasteiger partial charge in [0, 0.05) is 87.8 Å². The molecular weight excluding hydrogens is 1770 g/mol. The van der Waals surface area contributed by atoms with Gasteiger partial charge in [-0.15, -0.1) is 44.4 Å². The van der Waals surface area contributed by atoms with E-state index in [1.165, 1.54) is 99.8 Å². The first kappa shape index (κ1) is 80.7. The fourth-order valence-corrected chi connectivity index (χ4v) is 15.0. The summed E-state index contributed by atoms with van der Waals surface area (Å²) >= 11 is 0. The number of aliphatic hydroxyl groups excluding tert-OH is 2. The Labute approximate surface area is 691 Å². The molecule has 0 bridgehead atoms. The molecule has 2 N–H and O–H groups in total. The van der Waals surface area contributed by atoms with Crippen molar-refractivity contribution >= 4 is 103 Å². The van der Waals surface area contributed by atoms with Crippen LogP contribution in [0.1, 0.15) is 56.4 Å². The van der Waals surface area contributed by atoms with Crippen molar-refractivity contribution in [3.63, 3.8) is 0 Å². The molecule has 0 saturated carbocycles. The number of fused-ring (bicyclic) bond motifs is 9. The Balaban J connectivity index is 0.000000163. The monoisotopic (exact) mass is 1850 g/mol. The Morgan fingerprint density at radius 3 is 1.46 bits per heavy atom. The second-order valence-electron chi connectivity index (χ2n) is 28.0. The summed E-state index contributed by atoms with van der Waals surface area (Å²) in [5.41, 5.74) is 30.2. The van der Waals surface area contributed by atoms with Crippen LogP contribution in [0.4, 0.5) is 21.5 Å². The number of alkyl halides is 1. The van der Waals surface area contributed by atoms with Crippen LogP contribution < -0.4 is 4.90 Å². The van der Waals surface area contributed by atoms with Gasteiger partial charge in [0.05, 0.1) is 46.4 Å². The fraction of sp³-hybridized carbons (Fsp3) is 0.111. The average Bonchev–Trinajstić information content (AvgIpc) is 1.65. The van der Waals surface area contributed by atoms with E-state index < -0.39 is 0 Å². The van der Waals surface area contributed by atoms with Crippen molar-refractivity contribution < 1.29 is 34.7 Å². The molecule has 4 aromatic heterocycles. The van der Waals surface area contributed by atoms with E-state index in [9.17, 15) is 4.39 Å². The second-order valence-corrected chi connectivity index (χ2v) is 28.7. The molecule has 3 atom stereocenters. The molecule has 4 heterocycles. The number of aliphatic hydroxyl groups is 2. The second kappa shape index (κ2) is 37.5. The molecule has 18 rings (SSSR count). The van der Waals surface area contributed by atoms with E-state index in [1.54, 1.807) is 20.2 Å². The number of anilines is 3. The van der Waals surface area contributed by atoms with Gasteiger partial charge in [-0.25, -0.2) is 9.37 Å². The van der Waals surface area contributed by atoms with Crippen molar-refractivity contribution in [2.45, 2.75) is 65.6 Å². The minimum absolute atomic E-state index is 0. The summed E-state index contributed by atoms with van der Waals surface area (Å²) in [5.74, 6) is 0. The average molecular weight is 1850 g/mol. The van der Waals surface area contributed by atoms with Gasteiger partial charge < -0.3 is 19.7 Å². The standard InChI is InChI=1S/C51H38N2.C24H16N2.C18H15N2.C5H12O2.CH3BFP.Bi.Ir.2H/c1-51(2)47-19-11-9-17-43(47)44-31-30-42(34-48(44)51)52(40-26-21-36(22-27-40)35-13-5-3-6-14-35)41-28-23-37(24-29-41)38-25-32-50-46(33-38)45-18-10-12-20-49(45)53(50)39-15-7-4-8-16-39;1-3-7-17(8-4-1)19-13-15-25-23-21(19)11-12-22-20(14-16-26-24(22)23)18-9-5-2-6-10-18;1-13-8-6-7-11-16(13)18-14(2)17(19-12-20-18)15-9-4-3-5-10-15;1-4(6)3-5(2)7;2-4-1-3;;;;/h3-34H,1-2H3;1-16H;3-9,11-12H,1-2H3;4-7H,3H2,1-2H3;4H,1H2;;;;/q;;-1;;;;;;. The molecule has 554 valence electrons. The normalized spacial score (nSPS) is 12.1. The Hall–Kier alpha value is -10.8. The molecule has 0 amide bonds. The maximum absolute atomic E-state index is 10.6. The van der Waals surface area contributed by atoms with E-state index in [2.05, 4.69) is 350 Å². The molecular formula is C99H86BBiFIrN6O2P-. The summed E-state index contributed by atoms with van der Waals surface area (Å²) in [6.45, 7) is 12.2. The van der Waals surface area contributed by atoms with Gasteiger partial charge in [-0.3, -0.25) is 15.0 Å². The summed E-state index contributed by atoms with van der Waals surface area (Å²) in [6, 6.07) is 120. The number of halogens is 1. The summed E-state index contributed by atoms with van der Waals surface area (Å²) in [4.78, 5) is 20.6. The van der Waals surface area contributed by atoms with Crippen molar-refractivity contribution in [1.29, 1.82) is 0 Å². The maximum Gasteiger partial charge on any atom is 0.0970 e. The maximum atomic E-state index is 10.6. The zero-order valence-corrected chi connectivity index (χ0v) is 71.3. The molecule has 8 nitrogen and oxygen atoms in total. The Kier molecular flexibility index (Phi) is 27.0. The molecule has 0 fully saturated rings. The number of nitrogens with zero attached hydrogens (tertiary/aromatic N) is 6. The molecule has 17 aromatic rings. The Morgan fingerprint density at radius 2 is 0.902 bits per heavy atom. The van der Waals surface area contributed by atoms with Gasteiger partial charge in [0.1, 0.15) is 13.9 Å². The van der Waals surface area contributed by atoms with E-state index in [4.69, 9.17) is 10.2 Å². The van der Waals surface area contributed by atoms with Crippen molar-refractivity contribution in [2.24, 2.45) is 0 Å². The molecule has 13 aromatic carbocycles. The summed E-state index contributed by atoms with van der Waals surface area (Å²) in [6.07, 6.45) is 4.73. The third kappa shape index (κ3) is 17.8. The third-order valence-corrected chi connectivity index (χ3v) is 20.4. The van der Waals surface area contributed by atoms with Crippen LogP contribution in [0.2, 0.25) is 0 Å². The summed E-state index contributed by atoms with van der Waals surface area (Å²) in [5, 5.41) is 21.9. The van der Waals surface area contributed by atoms with Crippen LogP contribution in [0.3, 0.4) is 0 Å². The van der Waals surface area contributed by atoms with Crippen LogP contribution in [0.15, 0.2) is 346 Å². The van der Waals surface area contributed by atoms with E-state index in [1.807, 2.05) is 60.9 Å². The molecule has 112 heavy (non-hydrogen) atoms. The number of hydrogen-bond donors (Lipinski definition) is 2. The molecule has 1 aliphatic carbocycles. The zero-order valence-electron chi connectivity index (χ0n) is 63.4. The Bertz CT molecular complexity index is 5880. The van der Waals surface area contributed by atoms with E-state index in [-0.39, 0.29) is 78.8 Å². The van der Waals surface area contributed by atoms with Crippen molar-refractivity contribution in [1.82, 2.24) is 24.5 Å². The predicted molar refractivity (Wildman–Crippen MR) is 470 cm³/mol. The minimum Gasteiger partial charge on any atom is -0.254 e. The number of pyridine rings is 2. The smallest absolute Gasteiger partial charge is 0.0970 e. The number of hydrogen-bond acceptors (Lipinski definition) is 7. The first-order chi connectivity index (χ1) is 53.8. The van der Waals surface area contributed by atoms with Crippen LogP contribution in [-0.2, 0) is 25.5 Å². The number of rotatable bonds is 13. The first-order valence-electron chi connectivity index (χ1n) is 37.1. The van der Waals surface area contributed by atoms with Gasteiger partial charge >= 0.3 is 26.2 Å². The molecule has 3 unspecified atom stereocenters. The molecule has 1 aliphatic rings. The largest absolute Gasteiger partial charge is 0.254 e. The number of benzene rings is 13. The third-order valence-electron chi connectivity index (χ3n) is 20.2. The summed E-state index contributed by atoms with van der Waals surface area (Å²) < 4.78 is 13.0. The van der Waals surface area contributed by atoms with Crippen LogP contribution >= 0.6 is 8.46 Å². The molecule has 4 radical (unpaired) electrons. The topological polar surface area (TPSA) is 100 Å². The van der Waals surface area contributed by atoms with Crippen LogP contribution in [0.25, 0.3) is 127 Å². The van der Waals surface area contributed by atoms with E-state index >= 15 is 0 Å². The van der Waals surface area contributed by atoms with E-state index in [0.29, 0.717) is 6.42 Å². The number of aromatic nitrogens is 5. The molecule has 13 heteroatoms. The van der Waals surface area contributed by atoms with Gasteiger partial charge in [0.2, 0.25) is 0 Å². The Morgan fingerprint density at radius 1 is 0.438 bits per heavy atom. The molecule has 0 saturated heterocycles. The van der Waals surface area contributed by atoms with Crippen LogP contribution in [-0.4, -0.2) is 87.1 Å². The van der Waals surface area contributed by atoms with Crippen LogP contribution in [0, 0.1) is 19.9 Å². The molecule has 0 aliphatic heterocycles. The van der Waals surface area contributed by atoms with Crippen LogP contribution in [0.5, 0.6) is 0 Å². The van der Waals surface area contributed by atoms with Gasteiger partial charge in [-0.2, -0.15) is 0 Å². The molecule has 0 spiro atoms. The van der Waals surface area contributed by atoms with Gasteiger partial charge in [0.15, 0.2) is 0 Å². The van der Waals surface area contributed by atoms with Crippen molar-refractivity contribution in [3.8, 4) is 83.8 Å². The fourth-order valence-electron chi connectivity index (χ4n) is 15.0. The number of aryl methyl sites for hydroxylation is 1. The first-order valence-corrected chi connectivity index (χ1v) is 38.4. The van der Waals surface area contributed by atoms with E-state index in [0.717, 1.165) is 66.9 Å². The minimum atomic E-state index is -0.375. The van der Waals surface area contributed by atoms with Gasteiger partial charge in [-0.1, -0.05) is 238 Å². The SMILES string of the molecule is CC(O)CC(C)O.CC1(C)c2ccccc2-c2ccc(N(c3ccc(-c4ccccc4)cc3)c3ccc(-c4ccc5c(c4)c4ccccc4n5-c4ccccc4)cc3)cc21.Cc1ccccc1-c1ncnc(-c2[c-]cccc2)c1C.[B]PCF.[BiH2].[Ir].c1ccc(-c2ccnc3c2ccc2c(-c4ccccc4)ccnc23)cc1.